The number of carbonyl (C=O) groups excluding carboxylic acids is 1. The fraction of sp³-hybridized carbons (Fsp3) is 0.562. The molecule has 0 unspecified atom stereocenters. The van der Waals surface area contributed by atoms with E-state index >= 15 is 0 Å². The molecule has 0 aromatic heterocycles. The second kappa shape index (κ2) is 6.08. The van der Waals surface area contributed by atoms with Gasteiger partial charge >= 0.3 is 0 Å². The monoisotopic (exact) mass is 323 g/mol. The van der Waals surface area contributed by atoms with Crippen LogP contribution in [0.3, 0.4) is 0 Å². The molecule has 1 aliphatic carbocycles. The minimum absolute atomic E-state index is 0.0455. The first-order valence-corrected chi connectivity index (χ1v) is 7.89. The topological polar surface area (TPSA) is 29.1 Å². The Hall–Kier alpha value is -0.830. The normalized spacial score (nSPS) is 17.4. The summed E-state index contributed by atoms with van der Waals surface area (Å²) in [5.41, 5.74) is 2.19. The van der Waals surface area contributed by atoms with E-state index in [0.29, 0.717) is 5.41 Å². The lowest BCUT2D eigenvalue weighted by Crippen LogP contribution is -2.35. The van der Waals surface area contributed by atoms with Crippen LogP contribution in [0.25, 0.3) is 0 Å². The quantitative estimate of drug-likeness (QED) is 0.870. The molecule has 2 rings (SSSR count). The maximum Gasteiger partial charge on any atom is 0.251 e. The van der Waals surface area contributed by atoms with Gasteiger partial charge in [0.1, 0.15) is 0 Å². The summed E-state index contributed by atoms with van der Waals surface area (Å²) in [5, 5.41) is 3.13. The van der Waals surface area contributed by atoms with Gasteiger partial charge in [0.2, 0.25) is 0 Å². The van der Waals surface area contributed by atoms with Gasteiger partial charge in [0.05, 0.1) is 0 Å². The molecular weight excluding hydrogens is 302 g/mol. The van der Waals surface area contributed by atoms with Crippen molar-refractivity contribution in [1.82, 2.24) is 5.32 Å². The van der Waals surface area contributed by atoms with Crippen molar-refractivity contribution in [3.63, 3.8) is 0 Å². The van der Waals surface area contributed by atoms with E-state index in [1.807, 2.05) is 25.1 Å². The fourth-order valence-corrected chi connectivity index (χ4v) is 3.63. The Morgan fingerprint density at radius 3 is 2.58 bits per heavy atom. The van der Waals surface area contributed by atoms with Gasteiger partial charge in [0.15, 0.2) is 0 Å². The van der Waals surface area contributed by atoms with E-state index in [-0.39, 0.29) is 5.91 Å². The van der Waals surface area contributed by atoms with Crippen LogP contribution in [0.15, 0.2) is 22.7 Å². The van der Waals surface area contributed by atoms with Crippen LogP contribution in [0, 0.1) is 12.3 Å². The van der Waals surface area contributed by atoms with Gasteiger partial charge in [0.25, 0.3) is 5.91 Å². The van der Waals surface area contributed by atoms with Gasteiger partial charge in [-0.2, -0.15) is 0 Å². The Kier molecular flexibility index (Phi) is 4.67. The highest BCUT2D eigenvalue weighted by Crippen LogP contribution is 2.40. The summed E-state index contributed by atoms with van der Waals surface area (Å²) in [6.07, 6.45) is 6.27. The Labute approximate surface area is 124 Å². The molecule has 1 aromatic rings. The molecule has 1 N–H and O–H groups in total. The summed E-state index contributed by atoms with van der Waals surface area (Å²) in [6.45, 7) is 5.06. The van der Waals surface area contributed by atoms with Crippen LogP contribution in [0.4, 0.5) is 0 Å². The molecule has 0 bridgehead atoms. The summed E-state index contributed by atoms with van der Waals surface area (Å²) in [6, 6.07) is 5.84. The van der Waals surface area contributed by atoms with Gasteiger partial charge in [-0.1, -0.05) is 35.7 Å². The van der Waals surface area contributed by atoms with Crippen LogP contribution in [0.1, 0.15) is 54.9 Å². The molecule has 1 fully saturated rings. The largest absolute Gasteiger partial charge is 0.351 e. The number of rotatable bonds is 4. The van der Waals surface area contributed by atoms with Crippen molar-refractivity contribution in [3.8, 4) is 0 Å². The van der Waals surface area contributed by atoms with E-state index in [0.717, 1.165) is 28.6 Å². The summed E-state index contributed by atoms with van der Waals surface area (Å²) >= 11 is 3.44. The molecular formula is C16H22BrNO. The molecule has 1 aromatic carbocycles. The number of amides is 1. The average Bonchev–Trinajstić information content (AvgIpc) is 2.84. The predicted octanol–water partition coefficient (Wildman–Crippen LogP) is 4.46. The van der Waals surface area contributed by atoms with Crippen LogP contribution in [-0.4, -0.2) is 12.5 Å². The maximum atomic E-state index is 12.2. The number of hydrogen-bond acceptors (Lipinski definition) is 1. The van der Waals surface area contributed by atoms with E-state index in [9.17, 15) is 4.79 Å². The van der Waals surface area contributed by atoms with Crippen molar-refractivity contribution in [2.24, 2.45) is 5.41 Å². The Bertz CT molecular complexity index is 444. The van der Waals surface area contributed by atoms with Gasteiger partial charge in [-0.3, -0.25) is 4.79 Å². The molecule has 0 saturated heterocycles. The zero-order chi connectivity index (χ0) is 13.9. The molecule has 3 heteroatoms. The fourth-order valence-electron chi connectivity index (χ4n) is 3.02. The third-order valence-electron chi connectivity index (χ3n) is 4.34. The standard InChI is InChI=1S/C16H22BrNO/c1-3-16(6-4-5-7-16)11-18-15(19)13-8-12(2)9-14(17)10-13/h8-10H,3-7,11H2,1-2H3,(H,18,19). The zero-order valence-corrected chi connectivity index (χ0v) is 13.3. The van der Waals surface area contributed by atoms with Crippen LogP contribution in [-0.2, 0) is 0 Å². The highest BCUT2D eigenvalue weighted by Gasteiger charge is 2.32. The molecule has 19 heavy (non-hydrogen) atoms. The highest BCUT2D eigenvalue weighted by molar-refractivity contribution is 9.10. The van der Waals surface area contributed by atoms with Crippen molar-refractivity contribution in [2.45, 2.75) is 46.0 Å². The summed E-state index contributed by atoms with van der Waals surface area (Å²) < 4.78 is 0.962. The van der Waals surface area contributed by atoms with Gasteiger partial charge in [-0.15, -0.1) is 0 Å². The van der Waals surface area contributed by atoms with E-state index in [2.05, 4.69) is 28.2 Å². The van der Waals surface area contributed by atoms with E-state index in [1.165, 1.54) is 25.7 Å². The van der Waals surface area contributed by atoms with E-state index < -0.39 is 0 Å². The minimum atomic E-state index is 0.0455. The van der Waals surface area contributed by atoms with Crippen molar-refractivity contribution in [3.05, 3.63) is 33.8 Å². The molecule has 1 amide bonds. The molecule has 0 spiro atoms. The first-order chi connectivity index (χ1) is 9.04. The lowest BCUT2D eigenvalue weighted by Gasteiger charge is -2.27. The van der Waals surface area contributed by atoms with Crippen molar-refractivity contribution in [2.75, 3.05) is 6.54 Å². The third-order valence-corrected chi connectivity index (χ3v) is 4.80. The van der Waals surface area contributed by atoms with E-state index in [1.54, 1.807) is 0 Å². The zero-order valence-electron chi connectivity index (χ0n) is 11.8. The number of aryl methyl sites for hydroxylation is 1. The van der Waals surface area contributed by atoms with Crippen LogP contribution in [0.5, 0.6) is 0 Å². The molecule has 104 valence electrons. The maximum absolute atomic E-state index is 12.2. The van der Waals surface area contributed by atoms with Crippen LogP contribution in [0.2, 0.25) is 0 Å². The number of nitrogens with one attached hydrogen (secondary N) is 1. The first kappa shape index (κ1) is 14.6. The Morgan fingerprint density at radius 2 is 2.00 bits per heavy atom. The van der Waals surface area contributed by atoms with E-state index in [4.69, 9.17) is 0 Å². The number of benzene rings is 1. The van der Waals surface area contributed by atoms with Gasteiger partial charge in [-0.25, -0.2) is 0 Å². The molecule has 0 atom stereocenters. The van der Waals surface area contributed by atoms with Crippen molar-refractivity contribution < 1.29 is 4.79 Å². The minimum Gasteiger partial charge on any atom is -0.351 e. The average molecular weight is 324 g/mol. The Balaban J connectivity index is 2.01. The summed E-state index contributed by atoms with van der Waals surface area (Å²) in [4.78, 5) is 12.2. The number of hydrogen-bond donors (Lipinski definition) is 1. The summed E-state index contributed by atoms with van der Waals surface area (Å²) in [7, 11) is 0. The second-order valence-corrected chi connectivity index (χ2v) is 6.68. The van der Waals surface area contributed by atoms with Gasteiger partial charge in [-0.05, 0) is 55.4 Å². The molecule has 1 aliphatic rings. The number of carbonyl (C=O) groups is 1. The number of halogens is 1. The predicted molar refractivity (Wildman–Crippen MR) is 82.4 cm³/mol. The molecule has 0 heterocycles. The van der Waals surface area contributed by atoms with Gasteiger partial charge in [0, 0.05) is 16.6 Å². The van der Waals surface area contributed by atoms with Gasteiger partial charge < -0.3 is 5.32 Å². The summed E-state index contributed by atoms with van der Waals surface area (Å²) in [5.74, 6) is 0.0455. The Morgan fingerprint density at radius 1 is 1.32 bits per heavy atom. The highest BCUT2D eigenvalue weighted by atomic mass is 79.9. The molecule has 2 nitrogen and oxygen atoms in total. The molecule has 1 saturated carbocycles. The van der Waals surface area contributed by atoms with Crippen LogP contribution < -0.4 is 5.32 Å². The third kappa shape index (κ3) is 3.59. The SMILES string of the molecule is CCC1(CNC(=O)c2cc(C)cc(Br)c2)CCCC1. The smallest absolute Gasteiger partial charge is 0.251 e. The molecule has 0 radical (unpaired) electrons. The van der Waals surface area contributed by atoms with Crippen molar-refractivity contribution >= 4 is 21.8 Å². The van der Waals surface area contributed by atoms with Crippen LogP contribution >= 0.6 is 15.9 Å². The van der Waals surface area contributed by atoms with Crippen molar-refractivity contribution in [1.29, 1.82) is 0 Å². The second-order valence-electron chi connectivity index (χ2n) is 5.76. The lowest BCUT2D eigenvalue weighted by atomic mass is 9.83. The molecule has 0 aliphatic heterocycles. The lowest BCUT2D eigenvalue weighted by molar-refractivity contribution is 0.0928. The first-order valence-electron chi connectivity index (χ1n) is 7.10.